The van der Waals surface area contributed by atoms with Crippen LogP contribution in [0.25, 0.3) is 0 Å². The van der Waals surface area contributed by atoms with Gasteiger partial charge in [0.2, 0.25) is 0 Å². The van der Waals surface area contributed by atoms with Gasteiger partial charge in [0, 0.05) is 19.0 Å². The molecule has 2 rings (SSSR count). The quantitative estimate of drug-likeness (QED) is 0.607. The maximum Gasteiger partial charge on any atom is 0.0965 e. The lowest BCUT2D eigenvalue weighted by Crippen LogP contribution is -2.40. The van der Waals surface area contributed by atoms with Gasteiger partial charge in [-0.15, -0.1) is 0 Å². The average molecular weight is 152 g/mol. The molecular weight excluding hydrogens is 136 g/mol. The van der Waals surface area contributed by atoms with Gasteiger partial charge in [-0.1, -0.05) is 0 Å². The fourth-order valence-corrected chi connectivity index (χ4v) is 1.60. The van der Waals surface area contributed by atoms with E-state index in [4.69, 9.17) is 0 Å². The molecule has 0 aromatic carbocycles. The highest BCUT2D eigenvalue weighted by Crippen LogP contribution is 2.19. The zero-order chi connectivity index (χ0) is 7.52. The Morgan fingerprint density at radius 1 is 1.18 bits per heavy atom. The molecule has 1 saturated carbocycles. The van der Waals surface area contributed by atoms with E-state index in [1.165, 1.54) is 44.4 Å². The monoisotopic (exact) mass is 152 g/mol. The van der Waals surface area contributed by atoms with Crippen molar-refractivity contribution in [1.82, 2.24) is 5.32 Å². The lowest BCUT2D eigenvalue weighted by Gasteiger charge is -2.29. The van der Waals surface area contributed by atoms with Gasteiger partial charge in [-0.3, -0.25) is 4.99 Å². The van der Waals surface area contributed by atoms with Crippen molar-refractivity contribution in [2.75, 3.05) is 6.54 Å². The first-order valence-electron chi connectivity index (χ1n) is 4.75. The van der Waals surface area contributed by atoms with Crippen LogP contribution in [0.2, 0.25) is 0 Å². The number of nitrogens with zero attached hydrogens (tertiary/aromatic N) is 1. The summed E-state index contributed by atoms with van der Waals surface area (Å²) in [6.07, 6.45) is 7.94. The number of aliphatic imine (C=N–C) groups is 1. The van der Waals surface area contributed by atoms with E-state index in [1.807, 2.05) is 0 Å². The van der Waals surface area contributed by atoms with Gasteiger partial charge < -0.3 is 5.32 Å². The summed E-state index contributed by atoms with van der Waals surface area (Å²) < 4.78 is 0. The first-order chi connectivity index (χ1) is 5.45. The smallest absolute Gasteiger partial charge is 0.0965 e. The fraction of sp³-hybridized carbons (Fsp3) is 0.889. The topological polar surface area (TPSA) is 24.4 Å². The number of hydrogen-bond donors (Lipinski definition) is 1. The Morgan fingerprint density at radius 3 is 2.64 bits per heavy atom. The Balaban J connectivity index is 1.79. The summed E-state index contributed by atoms with van der Waals surface area (Å²) >= 11 is 0. The summed E-state index contributed by atoms with van der Waals surface area (Å²) in [6.45, 7) is 1.05. The van der Waals surface area contributed by atoms with Crippen molar-refractivity contribution in [2.24, 2.45) is 4.99 Å². The molecule has 1 aliphatic heterocycles. The second-order valence-corrected chi connectivity index (χ2v) is 3.56. The Labute approximate surface area is 68.1 Å². The highest BCUT2D eigenvalue weighted by atomic mass is 15.0. The lowest BCUT2D eigenvalue weighted by molar-refractivity contribution is 0.379. The predicted octanol–water partition coefficient (Wildman–Crippen LogP) is 1.71. The first kappa shape index (κ1) is 7.14. The molecule has 0 radical (unpaired) electrons. The van der Waals surface area contributed by atoms with Crippen LogP contribution in [0.1, 0.15) is 38.5 Å². The van der Waals surface area contributed by atoms with Crippen molar-refractivity contribution in [3.05, 3.63) is 0 Å². The van der Waals surface area contributed by atoms with Crippen LogP contribution in [0.3, 0.4) is 0 Å². The third-order valence-electron chi connectivity index (χ3n) is 2.60. The normalized spacial score (nSPS) is 25.6. The molecule has 1 aliphatic carbocycles. The second-order valence-electron chi connectivity index (χ2n) is 3.56. The van der Waals surface area contributed by atoms with Crippen molar-refractivity contribution in [3.8, 4) is 0 Å². The number of hydrogen-bond acceptors (Lipinski definition) is 2. The van der Waals surface area contributed by atoms with Gasteiger partial charge in [-0.2, -0.15) is 0 Å². The minimum absolute atomic E-state index is 0.770. The zero-order valence-electron chi connectivity index (χ0n) is 6.97. The molecule has 0 aromatic rings. The summed E-state index contributed by atoms with van der Waals surface area (Å²) in [4.78, 5) is 4.46. The third kappa shape index (κ3) is 1.73. The number of nitrogens with one attached hydrogen (secondary N) is 1. The molecule has 0 bridgehead atoms. The highest BCUT2D eigenvalue weighted by Gasteiger charge is 2.18. The lowest BCUT2D eigenvalue weighted by atomic mass is 9.93. The van der Waals surface area contributed by atoms with Crippen LogP contribution in [-0.4, -0.2) is 18.4 Å². The Bertz CT molecular complexity index is 159. The van der Waals surface area contributed by atoms with Crippen molar-refractivity contribution >= 4 is 5.84 Å². The standard InChI is InChI=1S/C9H16N2/c1-2-7-10-9(6-1)11-8-4-3-5-8/h8H,1-7H2,(H,10,11). The maximum absolute atomic E-state index is 4.46. The van der Waals surface area contributed by atoms with Crippen LogP contribution >= 0.6 is 0 Å². The molecule has 62 valence electrons. The molecule has 0 spiro atoms. The minimum atomic E-state index is 0.770. The van der Waals surface area contributed by atoms with Crippen molar-refractivity contribution in [3.63, 3.8) is 0 Å². The number of amidine groups is 1. The molecule has 11 heavy (non-hydrogen) atoms. The molecule has 0 atom stereocenters. The third-order valence-corrected chi connectivity index (χ3v) is 2.60. The molecule has 0 saturated heterocycles. The van der Waals surface area contributed by atoms with Crippen LogP contribution < -0.4 is 5.32 Å². The van der Waals surface area contributed by atoms with Gasteiger partial charge in [-0.05, 0) is 32.1 Å². The van der Waals surface area contributed by atoms with Gasteiger partial charge in [0.05, 0.1) is 5.84 Å². The van der Waals surface area contributed by atoms with E-state index in [9.17, 15) is 0 Å². The van der Waals surface area contributed by atoms with E-state index in [2.05, 4.69) is 10.3 Å². The summed E-state index contributed by atoms with van der Waals surface area (Å²) in [7, 11) is 0. The second kappa shape index (κ2) is 3.24. The van der Waals surface area contributed by atoms with Gasteiger partial charge >= 0.3 is 0 Å². The Kier molecular flexibility index (Phi) is 2.11. The van der Waals surface area contributed by atoms with E-state index >= 15 is 0 Å². The van der Waals surface area contributed by atoms with Gasteiger partial charge in [0.1, 0.15) is 0 Å². The zero-order valence-corrected chi connectivity index (χ0v) is 6.97. The molecule has 1 fully saturated rings. The predicted molar refractivity (Wildman–Crippen MR) is 46.9 cm³/mol. The summed E-state index contributed by atoms with van der Waals surface area (Å²) in [5.41, 5.74) is 0. The van der Waals surface area contributed by atoms with Crippen LogP contribution in [0.4, 0.5) is 0 Å². The molecule has 1 heterocycles. The van der Waals surface area contributed by atoms with Gasteiger partial charge in [0.15, 0.2) is 0 Å². The maximum atomic E-state index is 4.46. The largest absolute Gasteiger partial charge is 0.371 e. The molecule has 0 unspecified atom stereocenters. The summed E-state index contributed by atoms with van der Waals surface area (Å²) in [6, 6.07) is 0.770. The molecule has 0 amide bonds. The van der Waals surface area contributed by atoms with E-state index < -0.39 is 0 Å². The Morgan fingerprint density at radius 2 is 2.09 bits per heavy atom. The van der Waals surface area contributed by atoms with Crippen molar-refractivity contribution < 1.29 is 0 Å². The molecule has 1 N–H and O–H groups in total. The molecule has 2 nitrogen and oxygen atoms in total. The highest BCUT2D eigenvalue weighted by molar-refractivity contribution is 5.82. The molecule has 2 aliphatic rings. The van der Waals surface area contributed by atoms with Gasteiger partial charge in [0.25, 0.3) is 0 Å². The van der Waals surface area contributed by atoms with Crippen molar-refractivity contribution in [1.29, 1.82) is 0 Å². The first-order valence-corrected chi connectivity index (χ1v) is 4.75. The molecule has 0 aromatic heterocycles. The van der Waals surface area contributed by atoms with Crippen LogP contribution in [0.15, 0.2) is 4.99 Å². The van der Waals surface area contributed by atoms with E-state index in [-0.39, 0.29) is 0 Å². The average Bonchev–Trinajstić information content (AvgIpc) is 1.99. The van der Waals surface area contributed by atoms with Crippen LogP contribution in [0, 0.1) is 0 Å². The minimum Gasteiger partial charge on any atom is -0.371 e. The Hall–Kier alpha value is -0.530. The van der Waals surface area contributed by atoms with Crippen LogP contribution in [-0.2, 0) is 0 Å². The van der Waals surface area contributed by atoms with Crippen LogP contribution in [0.5, 0.6) is 0 Å². The summed E-state index contributed by atoms with van der Waals surface area (Å²) in [5.74, 6) is 1.28. The fourth-order valence-electron chi connectivity index (χ4n) is 1.60. The molecular formula is C9H16N2. The SMILES string of the molecule is C1CCC(NC2CCC2)=NC1. The van der Waals surface area contributed by atoms with Crippen molar-refractivity contribution in [2.45, 2.75) is 44.6 Å². The van der Waals surface area contributed by atoms with E-state index in [0.29, 0.717) is 0 Å². The van der Waals surface area contributed by atoms with E-state index in [1.54, 1.807) is 0 Å². The number of rotatable bonds is 1. The summed E-state index contributed by atoms with van der Waals surface area (Å²) in [5, 5.41) is 3.51. The van der Waals surface area contributed by atoms with Gasteiger partial charge in [-0.25, -0.2) is 0 Å². The molecule has 2 heteroatoms. The van der Waals surface area contributed by atoms with E-state index in [0.717, 1.165) is 12.6 Å².